The van der Waals surface area contributed by atoms with E-state index in [1.54, 1.807) is 0 Å². The lowest BCUT2D eigenvalue weighted by molar-refractivity contribution is 0.144. The van der Waals surface area contributed by atoms with E-state index in [1.165, 1.54) is 0 Å². The highest BCUT2D eigenvalue weighted by Crippen LogP contribution is 2.36. The Hall–Kier alpha value is -3.40. The lowest BCUT2D eigenvalue weighted by Crippen LogP contribution is -2.25. The van der Waals surface area contributed by atoms with Crippen LogP contribution in [-0.2, 0) is 6.54 Å². The fourth-order valence-electron chi connectivity index (χ4n) is 3.55. The number of nitrogens with zero attached hydrogens (tertiary/aromatic N) is 2. The molecule has 27 heavy (non-hydrogen) atoms. The molecular weight excluding hydrogens is 336 g/mol. The molecule has 0 bridgehead atoms. The number of rotatable bonds is 3. The smallest absolute Gasteiger partial charge is 0.428 e. The molecule has 0 radical (unpaired) electrons. The van der Waals surface area contributed by atoms with E-state index >= 15 is 0 Å². The summed E-state index contributed by atoms with van der Waals surface area (Å²) in [6, 6.07) is 22.0. The Morgan fingerprint density at radius 1 is 0.889 bits per heavy atom. The maximum atomic E-state index is 11.9. The molecule has 0 spiro atoms. The first kappa shape index (κ1) is 17.0. The van der Waals surface area contributed by atoms with Crippen molar-refractivity contribution in [1.82, 2.24) is 5.01 Å². The summed E-state index contributed by atoms with van der Waals surface area (Å²) in [5.74, 6) is 0. The van der Waals surface area contributed by atoms with Crippen LogP contribution in [-0.4, -0.2) is 21.9 Å². The Morgan fingerprint density at radius 2 is 1.44 bits per heavy atom. The normalized spacial score (nSPS) is 11.7. The molecule has 1 aliphatic carbocycles. The van der Waals surface area contributed by atoms with E-state index in [-0.39, 0.29) is 6.54 Å². The summed E-state index contributed by atoms with van der Waals surface area (Å²) in [5, 5.41) is 15.5. The summed E-state index contributed by atoms with van der Waals surface area (Å²) < 4.78 is 0. The summed E-state index contributed by atoms with van der Waals surface area (Å²) in [7, 11) is 0. The van der Waals surface area contributed by atoms with E-state index in [1.807, 2.05) is 74.5 Å². The van der Waals surface area contributed by atoms with Gasteiger partial charge in [0.25, 0.3) is 0 Å². The van der Waals surface area contributed by atoms with Crippen LogP contribution in [0.25, 0.3) is 11.1 Å². The largest absolute Gasteiger partial charge is 0.464 e. The topological polar surface area (TPSA) is 52.9 Å². The van der Waals surface area contributed by atoms with Gasteiger partial charge in [-0.15, -0.1) is 0 Å². The maximum absolute atomic E-state index is 11.9. The Labute approximate surface area is 158 Å². The van der Waals surface area contributed by atoms with Gasteiger partial charge in [-0.2, -0.15) is 10.1 Å². The third-order valence-electron chi connectivity index (χ3n) is 4.91. The van der Waals surface area contributed by atoms with Crippen molar-refractivity contribution < 1.29 is 9.90 Å². The minimum absolute atomic E-state index is 0.218. The predicted molar refractivity (Wildman–Crippen MR) is 107 cm³/mol. The number of hydrogen-bond acceptors (Lipinski definition) is 2. The first-order valence-corrected chi connectivity index (χ1v) is 8.89. The van der Waals surface area contributed by atoms with Gasteiger partial charge in [0.15, 0.2) is 0 Å². The van der Waals surface area contributed by atoms with Crippen molar-refractivity contribution in [2.75, 3.05) is 0 Å². The average molecular weight is 356 g/mol. The van der Waals surface area contributed by atoms with Gasteiger partial charge < -0.3 is 5.11 Å². The Kier molecular flexibility index (Phi) is 4.24. The van der Waals surface area contributed by atoms with Crippen LogP contribution in [0.1, 0.15) is 27.8 Å². The van der Waals surface area contributed by atoms with Gasteiger partial charge in [0.2, 0.25) is 0 Å². The molecule has 4 nitrogen and oxygen atoms in total. The zero-order valence-corrected chi connectivity index (χ0v) is 15.3. The van der Waals surface area contributed by atoms with Crippen LogP contribution in [0.3, 0.4) is 0 Å². The molecule has 0 unspecified atom stereocenters. The number of aryl methyl sites for hydroxylation is 2. The maximum Gasteiger partial charge on any atom is 0.428 e. The summed E-state index contributed by atoms with van der Waals surface area (Å²) in [6.45, 7) is 4.24. The van der Waals surface area contributed by atoms with E-state index < -0.39 is 6.09 Å². The van der Waals surface area contributed by atoms with Crippen molar-refractivity contribution >= 4 is 11.8 Å². The molecule has 134 valence electrons. The van der Waals surface area contributed by atoms with Crippen LogP contribution in [0, 0.1) is 13.8 Å². The monoisotopic (exact) mass is 356 g/mol. The fourth-order valence-corrected chi connectivity index (χ4v) is 3.55. The number of benzene rings is 3. The second kappa shape index (κ2) is 6.72. The number of carboxylic acid groups (broad SMARTS) is 1. The van der Waals surface area contributed by atoms with Crippen molar-refractivity contribution in [2.45, 2.75) is 20.4 Å². The van der Waals surface area contributed by atoms with Gasteiger partial charge in [0.05, 0.1) is 12.3 Å². The molecule has 4 rings (SSSR count). The first-order chi connectivity index (χ1) is 13.0. The quantitative estimate of drug-likeness (QED) is 0.512. The average Bonchev–Trinajstić information content (AvgIpc) is 2.97. The molecule has 0 saturated carbocycles. The van der Waals surface area contributed by atoms with Crippen LogP contribution in [0.15, 0.2) is 71.8 Å². The summed E-state index contributed by atoms with van der Waals surface area (Å²) in [4.78, 5) is 11.9. The third kappa shape index (κ3) is 3.10. The van der Waals surface area contributed by atoms with Gasteiger partial charge >= 0.3 is 6.09 Å². The van der Waals surface area contributed by atoms with Gasteiger partial charge in [0, 0.05) is 11.1 Å². The van der Waals surface area contributed by atoms with E-state index in [4.69, 9.17) is 0 Å². The zero-order valence-electron chi connectivity index (χ0n) is 15.3. The van der Waals surface area contributed by atoms with Crippen molar-refractivity contribution in [3.63, 3.8) is 0 Å². The summed E-state index contributed by atoms with van der Waals surface area (Å²) in [5.41, 5.74) is 7.97. The van der Waals surface area contributed by atoms with Crippen molar-refractivity contribution in [1.29, 1.82) is 0 Å². The van der Waals surface area contributed by atoms with Gasteiger partial charge in [-0.3, -0.25) is 0 Å². The lowest BCUT2D eigenvalue weighted by atomic mass is 10.1. The minimum Gasteiger partial charge on any atom is -0.464 e. The number of hydrazone groups is 1. The Bertz CT molecular complexity index is 1020. The molecule has 0 atom stereocenters. The molecule has 0 aromatic heterocycles. The second-order valence-electron chi connectivity index (χ2n) is 6.81. The van der Waals surface area contributed by atoms with Crippen molar-refractivity contribution in [3.8, 4) is 11.1 Å². The van der Waals surface area contributed by atoms with Gasteiger partial charge in [-0.05, 0) is 36.1 Å². The molecule has 0 heterocycles. The van der Waals surface area contributed by atoms with E-state index in [9.17, 15) is 9.90 Å². The molecule has 1 amide bonds. The number of amides is 1. The Balaban J connectivity index is 1.79. The van der Waals surface area contributed by atoms with Crippen molar-refractivity contribution in [3.05, 3.63) is 94.5 Å². The van der Waals surface area contributed by atoms with Gasteiger partial charge in [0.1, 0.15) is 0 Å². The third-order valence-corrected chi connectivity index (χ3v) is 4.91. The first-order valence-electron chi connectivity index (χ1n) is 8.89. The summed E-state index contributed by atoms with van der Waals surface area (Å²) >= 11 is 0. The number of fused-ring (bicyclic) bond motifs is 3. The lowest BCUT2D eigenvalue weighted by Gasteiger charge is -2.17. The predicted octanol–water partition coefficient (Wildman–Crippen LogP) is 5.22. The van der Waals surface area contributed by atoms with Gasteiger partial charge in [-0.25, -0.2) is 4.79 Å². The Morgan fingerprint density at radius 3 is 1.96 bits per heavy atom. The molecule has 3 aromatic carbocycles. The molecule has 0 aliphatic heterocycles. The molecule has 4 heteroatoms. The van der Waals surface area contributed by atoms with E-state index in [0.717, 1.165) is 44.0 Å². The fraction of sp³-hybridized carbons (Fsp3) is 0.130. The van der Waals surface area contributed by atoms with Crippen LogP contribution in [0.2, 0.25) is 0 Å². The number of hydrogen-bond donors (Lipinski definition) is 1. The molecule has 0 saturated heterocycles. The number of carbonyl (C=O) groups is 1. The highest BCUT2D eigenvalue weighted by atomic mass is 16.4. The van der Waals surface area contributed by atoms with Gasteiger partial charge in [-0.1, -0.05) is 72.3 Å². The van der Waals surface area contributed by atoms with Crippen LogP contribution in [0.4, 0.5) is 4.79 Å². The molecule has 1 aliphatic rings. The second-order valence-corrected chi connectivity index (χ2v) is 6.81. The molecular formula is C23H20N2O2. The molecule has 1 N–H and O–H groups in total. The minimum atomic E-state index is -1.07. The molecule has 3 aromatic rings. The highest BCUT2D eigenvalue weighted by molar-refractivity contribution is 6.24. The SMILES string of the molecule is Cc1ccc(CN(N=C2c3ccccc3-c3ccccc32)C(=O)O)c(C)c1. The zero-order chi connectivity index (χ0) is 19.0. The standard InChI is InChI=1S/C23H20N2O2/c1-15-11-12-17(16(2)13-15)14-25(23(26)27)24-22-20-9-5-3-7-18(20)19-8-4-6-10-21(19)22/h3-13H,14H2,1-2H3,(H,26,27). The van der Waals surface area contributed by atoms with Crippen LogP contribution < -0.4 is 0 Å². The van der Waals surface area contributed by atoms with E-state index in [0.29, 0.717) is 5.71 Å². The van der Waals surface area contributed by atoms with E-state index in [2.05, 4.69) is 11.2 Å². The highest BCUT2D eigenvalue weighted by Gasteiger charge is 2.26. The van der Waals surface area contributed by atoms with Crippen LogP contribution >= 0.6 is 0 Å². The van der Waals surface area contributed by atoms with Crippen LogP contribution in [0.5, 0.6) is 0 Å². The summed E-state index contributed by atoms with van der Waals surface area (Å²) in [6.07, 6.45) is -1.07. The van der Waals surface area contributed by atoms with Crippen molar-refractivity contribution in [2.24, 2.45) is 5.10 Å². The molecule has 0 fully saturated rings.